The molecule has 1 unspecified atom stereocenters. The second-order valence-corrected chi connectivity index (χ2v) is 7.55. The molecule has 1 aliphatic carbocycles. The first kappa shape index (κ1) is 16.6. The summed E-state index contributed by atoms with van der Waals surface area (Å²) >= 11 is 1.58. The molecule has 3 rings (SSSR count). The van der Waals surface area contributed by atoms with Gasteiger partial charge in [0.25, 0.3) is 5.56 Å². The third kappa shape index (κ3) is 3.47. The molecule has 1 atom stereocenters. The van der Waals surface area contributed by atoms with Crippen LogP contribution in [-0.2, 0) is 11.2 Å². The van der Waals surface area contributed by atoms with Gasteiger partial charge in [-0.05, 0) is 26.2 Å². The molecule has 1 aromatic rings. The van der Waals surface area contributed by atoms with Crippen molar-refractivity contribution in [3.8, 4) is 0 Å². The Hall–Kier alpha value is -1.30. The molecule has 1 fully saturated rings. The highest BCUT2D eigenvalue weighted by Crippen LogP contribution is 2.32. The van der Waals surface area contributed by atoms with Crippen molar-refractivity contribution in [1.82, 2.24) is 14.9 Å². The van der Waals surface area contributed by atoms with Crippen LogP contribution in [0.25, 0.3) is 0 Å². The van der Waals surface area contributed by atoms with E-state index in [0.717, 1.165) is 35.0 Å². The first-order valence-corrected chi connectivity index (χ1v) is 9.63. The van der Waals surface area contributed by atoms with E-state index in [0.29, 0.717) is 18.9 Å². The largest absolute Gasteiger partial charge is 0.353 e. The zero-order chi connectivity index (χ0) is 16.4. The van der Waals surface area contributed by atoms with Crippen molar-refractivity contribution in [2.24, 2.45) is 0 Å². The quantitative estimate of drug-likeness (QED) is 0.859. The number of rotatable bonds is 4. The number of nitrogens with one attached hydrogen (secondary N) is 1. The zero-order valence-corrected chi connectivity index (χ0v) is 14.7. The Morgan fingerprint density at radius 3 is 2.78 bits per heavy atom. The van der Waals surface area contributed by atoms with Gasteiger partial charge in [0.2, 0.25) is 5.91 Å². The van der Waals surface area contributed by atoms with Gasteiger partial charge in [0.05, 0.1) is 6.04 Å². The van der Waals surface area contributed by atoms with Gasteiger partial charge in [-0.15, -0.1) is 0 Å². The molecule has 0 bridgehead atoms. The maximum atomic E-state index is 12.7. The first-order valence-electron chi connectivity index (χ1n) is 8.64. The van der Waals surface area contributed by atoms with Crippen LogP contribution >= 0.6 is 11.8 Å². The fourth-order valence-electron chi connectivity index (χ4n) is 3.63. The lowest BCUT2D eigenvalue weighted by molar-refractivity contribution is -0.122. The molecule has 5 nitrogen and oxygen atoms in total. The Labute approximate surface area is 141 Å². The summed E-state index contributed by atoms with van der Waals surface area (Å²) in [5.41, 5.74) is 1.63. The van der Waals surface area contributed by atoms with Crippen LogP contribution in [0.1, 0.15) is 62.7 Å². The Morgan fingerprint density at radius 1 is 1.35 bits per heavy atom. The smallest absolute Gasteiger partial charge is 0.257 e. The van der Waals surface area contributed by atoms with Crippen LogP contribution in [0, 0.1) is 6.92 Å². The molecule has 0 radical (unpaired) electrons. The maximum absolute atomic E-state index is 12.7. The van der Waals surface area contributed by atoms with Gasteiger partial charge in [-0.2, -0.15) is 0 Å². The SMILES string of the molecule is CCc1c(C)nc2n(c1=O)C(CC(=O)NC1CCCCC1)CS2. The molecule has 126 valence electrons. The van der Waals surface area contributed by atoms with Gasteiger partial charge in [-0.1, -0.05) is 37.9 Å². The number of hydrogen-bond donors (Lipinski definition) is 1. The molecular weight excluding hydrogens is 310 g/mol. The number of carbonyl (C=O) groups is 1. The second kappa shape index (κ2) is 7.07. The summed E-state index contributed by atoms with van der Waals surface area (Å²) in [6.45, 7) is 3.87. The van der Waals surface area contributed by atoms with E-state index in [1.165, 1.54) is 19.3 Å². The van der Waals surface area contributed by atoms with E-state index in [4.69, 9.17) is 0 Å². The van der Waals surface area contributed by atoms with Crippen molar-refractivity contribution in [2.75, 3.05) is 5.75 Å². The zero-order valence-electron chi connectivity index (χ0n) is 13.9. The molecule has 1 aromatic heterocycles. The minimum absolute atomic E-state index is 0.0375. The van der Waals surface area contributed by atoms with Crippen LogP contribution in [0.15, 0.2) is 9.95 Å². The molecule has 2 heterocycles. The minimum Gasteiger partial charge on any atom is -0.353 e. The van der Waals surface area contributed by atoms with E-state index in [9.17, 15) is 9.59 Å². The molecule has 1 amide bonds. The van der Waals surface area contributed by atoms with Crippen molar-refractivity contribution in [2.45, 2.75) is 76.0 Å². The maximum Gasteiger partial charge on any atom is 0.257 e. The first-order chi connectivity index (χ1) is 11.1. The van der Waals surface area contributed by atoms with Gasteiger partial charge in [0, 0.05) is 29.5 Å². The lowest BCUT2D eigenvalue weighted by atomic mass is 9.95. The van der Waals surface area contributed by atoms with Crippen LogP contribution in [0.5, 0.6) is 0 Å². The van der Waals surface area contributed by atoms with E-state index in [2.05, 4.69) is 10.3 Å². The number of nitrogens with zero attached hydrogens (tertiary/aromatic N) is 2. The van der Waals surface area contributed by atoms with Crippen LogP contribution < -0.4 is 10.9 Å². The van der Waals surface area contributed by atoms with Crippen LogP contribution in [0.3, 0.4) is 0 Å². The molecule has 0 saturated heterocycles. The fraction of sp³-hybridized carbons (Fsp3) is 0.706. The Balaban J connectivity index is 1.72. The average molecular weight is 335 g/mol. The van der Waals surface area contributed by atoms with E-state index >= 15 is 0 Å². The topological polar surface area (TPSA) is 64.0 Å². The third-order valence-electron chi connectivity index (χ3n) is 4.90. The molecule has 1 aliphatic heterocycles. The highest BCUT2D eigenvalue weighted by atomic mass is 32.2. The van der Waals surface area contributed by atoms with Crippen molar-refractivity contribution in [1.29, 1.82) is 0 Å². The Bertz CT molecular complexity index is 650. The van der Waals surface area contributed by atoms with E-state index < -0.39 is 0 Å². The summed E-state index contributed by atoms with van der Waals surface area (Å²) in [7, 11) is 0. The summed E-state index contributed by atoms with van der Waals surface area (Å²) in [4.78, 5) is 29.6. The average Bonchev–Trinajstić information content (AvgIpc) is 2.91. The molecule has 23 heavy (non-hydrogen) atoms. The predicted octanol–water partition coefficient (Wildman–Crippen LogP) is 2.60. The van der Waals surface area contributed by atoms with Crippen molar-refractivity contribution >= 4 is 17.7 Å². The van der Waals surface area contributed by atoms with Gasteiger partial charge in [-0.3, -0.25) is 14.2 Å². The number of carbonyl (C=O) groups excluding carboxylic acids is 1. The fourth-order valence-corrected chi connectivity index (χ4v) is 4.81. The minimum atomic E-state index is -0.0653. The van der Waals surface area contributed by atoms with Crippen molar-refractivity contribution < 1.29 is 4.79 Å². The number of hydrogen-bond acceptors (Lipinski definition) is 4. The van der Waals surface area contributed by atoms with E-state index in [1.54, 1.807) is 16.3 Å². The van der Waals surface area contributed by atoms with Crippen LogP contribution in [0.2, 0.25) is 0 Å². The van der Waals surface area contributed by atoms with Crippen LogP contribution in [-0.4, -0.2) is 27.3 Å². The number of aromatic nitrogens is 2. The van der Waals surface area contributed by atoms with Gasteiger partial charge >= 0.3 is 0 Å². The number of amides is 1. The van der Waals surface area contributed by atoms with E-state index in [-0.39, 0.29) is 17.5 Å². The summed E-state index contributed by atoms with van der Waals surface area (Å²) in [5.74, 6) is 0.827. The van der Waals surface area contributed by atoms with Gasteiger partial charge in [-0.25, -0.2) is 4.98 Å². The highest BCUT2D eigenvalue weighted by Gasteiger charge is 2.29. The lowest BCUT2D eigenvalue weighted by Crippen LogP contribution is -2.38. The molecule has 1 saturated carbocycles. The molecule has 6 heteroatoms. The Kier molecular flexibility index (Phi) is 5.09. The van der Waals surface area contributed by atoms with Gasteiger partial charge < -0.3 is 5.32 Å². The standard InChI is InChI=1S/C17H25N3O2S/c1-3-14-11(2)18-17-20(16(14)22)13(10-23-17)9-15(21)19-12-7-5-4-6-8-12/h12-13H,3-10H2,1-2H3,(H,19,21). The molecule has 0 spiro atoms. The van der Waals surface area contributed by atoms with Gasteiger partial charge in [0.15, 0.2) is 5.16 Å². The number of fused-ring (bicyclic) bond motifs is 1. The Morgan fingerprint density at radius 2 is 2.09 bits per heavy atom. The summed E-state index contributed by atoms with van der Waals surface area (Å²) in [6.07, 6.45) is 6.92. The van der Waals surface area contributed by atoms with Gasteiger partial charge in [0.1, 0.15) is 0 Å². The highest BCUT2D eigenvalue weighted by molar-refractivity contribution is 7.99. The lowest BCUT2D eigenvalue weighted by Gasteiger charge is -2.23. The molecule has 0 aromatic carbocycles. The predicted molar refractivity (Wildman–Crippen MR) is 92.0 cm³/mol. The van der Waals surface area contributed by atoms with Crippen molar-refractivity contribution in [3.05, 3.63) is 21.6 Å². The number of thioether (sulfide) groups is 1. The van der Waals surface area contributed by atoms with E-state index in [1.807, 2.05) is 13.8 Å². The third-order valence-corrected chi connectivity index (χ3v) is 6.00. The molecule has 1 N–H and O–H groups in total. The van der Waals surface area contributed by atoms with Crippen LogP contribution in [0.4, 0.5) is 0 Å². The van der Waals surface area contributed by atoms with Crippen molar-refractivity contribution in [3.63, 3.8) is 0 Å². The molecular formula is C17H25N3O2S. The monoisotopic (exact) mass is 335 g/mol. The summed E-state index contributed by atoms with van der Waals surface area (Å²) in [5, 5.41) is 3.92. The summed E-state index contributed by atoms with van der Waals surface area (Å²) < 4.78 is 1.75. The normalized spacial score (nSPS) is 21.2. The number of aryl methyl sites for hydroxylation is 1. The molecule has 2 aliphatic rings. The summed E-state index contributed by atoms with van der Waals surface area (Å²) in [6, 6.07) is 0.258. The second-order valence-electron chi connectivity index (χ2n) is 6.56.